The van der Waals surface area contributed by atoms with Crippen LogP contribution in [0.1, 0.15) is 59.3 Å². The molecule has 4 heteroatoms. The molecule has 23 heavy (non-hydrogen) atoms. The Morgan fingerprint density at radius 3 is 2.87 bits per heavy atom. The maximum Gasteiger partial charge on any atom is 0.310 e. The van der Waals surface area contributed by atoms with Gasteiger partial charge in [0.25, 0.3) is 0 Å². The minimum absolute atomic E-state index is 0.0313. The lowest BCUT2D eigenvalue weighted by atomic mass is 9.53. The molecule has 2 saturated heterocycles. The summed E-state index contributed by atoms with van der Waals surface area (Å²) < 4.78 is 11.8. The van der Waals surface area contributed by atoms with E-state index in [2.05, 4.69) is 26.1 Å². The van der Waals surface area contributed by atoms with E-state index in [1.54, 1.807) is 0 Å². The van der Waals surface area contributed by atoms with Crippen LogP contribution in [0.4, 0.5) is 0 Å². The molecule has 1 spiro atoms. The lowest BCUT2D eigenvalue weighted by Gasteiger charge is -2.51. The first kappa shape index (κ1) is 15.9. The van der Waals surface area contributed by atoms with Crippen LogP contribution in [0.5, 0.6) is 0 Å². The van der Waals surface area contributed by atoms with Gasteiger partial charge in [-0.2, -0.15) is 0 Å². The Balaban J connectivity index is 1.51. The first-order chi connectivity index (χ1) is 11.0. The first-order valence-corrected chi connectivity index (χ1v) is 9.55. The predicted molar refractivity (Wildman–Crippen MR) is 88.0 cm³/mol. The topological polar surface area (TPSA) is 50.9 Å². The van der Waals surface area contributed by atoms with Crippen molar-refractivity contribution in [3.63, 3.8) is 0 Å². The maximum atomic E-state index is 12.4. The zero-order chi connectivity index (χ0) is 16.2. The molecule has 7 atom stereocenters. The van der Waals surface area contributed by atoms with Gasteiger partial charge >= 0.3 is 5.97 Å². The van der Waals surface area contributed by atoms with Crippen molar-refractivity contribution >= 4 is 5.97 Å². The summed E-state index contributed by atoms with van der Waals surface area (Å²) in [5.74, 6) is 1.07. The third kappa shape index (κ3) is 2.53. The van der Waals surface area contributed by atoms with E-state index in [4.69, 9.17) is 9.47 Å². The van der Waals surface area contributed by atoms with Gasteiger partial charge in [0.1, 0.15) is 6.10 Å². The molecular weight excluding hydrogens is 290 g/mol. The largest absolute Gasteiger partial charge is 0.462 e. The number of fused-ring (bicyclic) bond motifs is 3. The molecule has 4 rings (SSSR count). The van der Waals surface area contributed by atoms with Gasteiger partial charge in [-0.15, -0.1) is 0 Å². The summed E-state index contributed by atoms with van der Waals surface area (Å²) in [6.45, 7) is 8.48. The molecule has 4 aliphatic rings. The summed E-state index contributed by atoms with van der Waals surface area (Å²) in [7, 11) is 0. The zero-order valence-electron chi connectivity index (χ0n) is 14.8. The molecule has 0 aromatic heterocycles. The number of epoxide rings is 1. The van der Waals surface area contributed by atoms with E-state index < -0.39 is 0 Å². The molecule has 4 fully saturated rings. The third-order valence-electron chi connectivity index (χ3n) is 7.38. The molecule has 0 aromatic rings. The Kier molecular flexibility index (Phi) is 3.77. The smallest absolute Gasteiger partial charge is 0.310 e. The van der Waals surface area contributed by atoms with E-state index >= 15 is 0 Å². The van der Waals surface area contributed by atoms with Crippen molar-refractivity contribution < 1.29 is 14.3 Å². The average molecular weight is 321 g/mol. The molecule has 130 valence electrons. The standard InChI is InChI=1S/C19H31NO3/c1-4-12(2)20-10-14-13-8-16-18(3,9-15(13)23-17(14)21)6-5-7-19(16)11-22-19/h12-16,20H,4-11H2,1-3H3. The van der Waals surface area contributed by atoms with Gasteiger partial charge in [-0.05, 0) is 56.8 Å². The number of hydrogen-bond acceptors (Lipinski definition) is 4. The molecular formula is C19H31NO3. The molecule has 0 amide bonds. The highest BCUT2D eigenvalue weighted by atomic mass is 16.6. The highest BCUT2D eigenvalue weighted by Gasteiger charge is 2.64. The molecule has 4 nitrogen and oxygen atoms in total. The van der Waals surface area contributed by atoms with Gasteiger partial charge < -0.3 is 14.8 Å². The Morgan fingerprint density at radius 2 is 2.17 bits per heavy atom. The summed E-state index contributed by atoms with van der Waals surface area (Å²) in [5, 5.41) is 3.52. The fourth-order valence-corrected chi connectivity index (χ4v) is 5.66. The van der Waals surface area contributed by atoms with Crippen LogP contribution < -0.4 is 5.32 Å². The average Bonchev–Trinajstić information content (AvgIpc) is 3.21. The van der Waals surface area contributed by atoms with E-state index in [1.807, 2.05) is 0 Å². The Morgan fingerprint density at radius 1 is 1.39 bits per heavy atom. The van der Waals surface area contributed by atoms with Crippen molar-refractivity contribution in [1.82, 2.24) is 5.32 Å². The van der Waals surface area contributed by atoms with Gasteiger partial charge in [0.2, 0.25) is 0 Å². The predicted octanol–water partition coefficient (Wildman–Crippen LogP) is 2.90. The van der Waals surface area contributed by atoms with Crippen molar-refractivity contribution in [3.8, 4) is 0 Å². The normalized spacial score (nSPS) is 49.4. The molecule has 0 radical (unpaired) electrons. The number of esters is 1. The van der Waals surface area contributed by atoms with Crippen molar-refractivity contribution in [3.05, 3.63) is 0 Å². The number of carbonyl (C=O) groups excluding carboxylic acids is 1. The second kappa shape index (κ2) is 5.45. The molecule has 0 bridgehead atoms. The quantitative estimate of drug-likeness (QED) is 0.639. The summed E-state index contributed by atoms with van der Waals surface area (Å²) in [5.41, 5.74) is 0.452. The fraction of sp³-hybridized carbons (Fsp3) is 0.947. The lowest BCUT2D eigenvalue weighted by Crippen LogP contribution is -2.51. The van der Waals surface area contributed by atoms with Crippen LogP contribution in [0.25, 0.3) is 0 Å². The van der Waals surface area contributed by atoms with Crippen molar-refractivity contribution in [2.24, 2.45) is 23.2 Å². The monoisotopic (exact) mass is 321 g/mol. The lowest BCUT2D eigenvalue weighted by molar-refractivity contribution is -0.147. The van der Waals surface area contributed by atoms with Gasteiger partial charge in [0, 0.05) is 18.5 Å². The molecule has 2 saturated carbocycles. The van der Waals surface area contributed by atoms with E-state index in [-0.39, 0.29) is 23.6 Å². The second-order valence-corrected chi connectivity index (χ2v) is 8.82. The summed E-state index contributed by atoms with van der Waals surface area (Å²) >= 11 is 0. The van der Waals surface area contributed by atoms with Crippen molar-refractivity contribution in [2.75, 3.05) is 13.2 Å². The molecule has 2 aliphatic carbocycles. The molecule has 7 unspecified atom stereocenters. The van der Waals surface area contributed by atoms with E-state index in [1.165, 1.54) is 19.3 Å². The number of hydrogen-bond donors (Lipinski definition) is 1. The number of carbonyl (C=O) groups is 1. The zero-order valence-corrected chi connectivity index (χ0v) is 14.8. The van der Waals surface area contributed by atoms with Crippen molar-refractivity contribution in [1.29, 1.82) is 0 Å². The maximum absolute atomic E-state index is 12.4. The van der Waals surface area contributed by atoms with E-state index in [0.29, 0.717) is 23.3 Å². The minimum atomic E-state index is 0.0313. The highest BCUT2D eigenvalue weighted by molar-refractivity contribution is 5.75. The van der Waals surface area contributed by atoms with Gasteiger partial charge in [-0.1, -0.05) is 13.8 Å². The Hall–Kier alpha value is -0.610. The van der Waals surface area contributed by atoms with Crippen LogP contribution in [-0.2, 0) is 14.3 Å². The number of ether oxygens (including phenoxy) is 2. The van der Waals surface area contributed by atoms with Crippen LogP contribution in [0.3, 0.4) is 0 Å². The van der Waals surface area contributed by atoms with Crippen LogP contribution in [0.15, 0.2) is 0 Å². The summed E-state index contributed by atoms with van der Waals surface area (Å²) in [6.07, 6.45) is 7.12. The third-order valence-corrected chi connectivity index (χ3v) is 7.38. The first-order valence-electron chi connectivity index (χ1n) is 9.55. The van der Waals surface area contributed by atoms with Crippen LogP contribution in [0, 0.1) is 23.2 Å². The summed E-state index contributed by atoms with van der Waals surface area (Å²) in [6, 6.07) is 0.462. The van der Waals surface area contributed by atoms with Gasteiger partial charge in [0.05, 0.1) is 18.1 Å². The van der Waals surface area contributed by atoms with Crippen LogP contribution in [-0.4, -0.2) is 36.9 Å². The van der Waals surface area contributed by atoms with Gasteiger partial charge in [-0.3, -0.25) is 4.79 Å². The van der Waals surface area contributed by atoms with Gasteiger partial charge in [-0.25, -0.2) is 0 Å². The number of rotatable bonds is 4. The molecule has 2 heterocycles. The van der Waals surface area contributed by atoms with Crippen molar-refractivity contribution in [2.45, 2.75) is 77.0 Å². The second-order valence-electron chi connectivity index (χ2n) is 8.82. The highest BCUT2D eigenvalue weighted by Crippen LogP contribution is 2.62. The molecule has 0 aromatic carbocycles. The Labute approximate surface area is 139 Å². The van der Waals surface area contributed by atoms with E-state index in [0.717, 1.165) is 32.4 Å². The van der Waals surface area contributed by atoms with Crippen LogP contribution in [0.2, 0.25) is 0 Å². The fourth-order valence-electron chi connectivity index (χ4n) is 5.66. The Bertz CT molecular complexity index is 489. The van der Waals surface area contributed by atoms with Crippen LogP contribution >= 0.6 is 0 Å². The van der Waals surface area contributed by atoms with Gasteiger partial charge in [0.15, 0.2) is 0 Å². The SMILES string of the molecule is CCC(C)NCC1C(=O)OC2CC3(C)CCCC4(CO4)C3CC21. The number of nitrogens with one attached hydrogen (secondary N) is 1. The summed E-state index contributed by atoms with van der Waals surface area (Å²) in [4.78, 5) is 12.4. The minimum Gasteiger partial charge on any atom is -0.462 e. The van der Waals surface area contributed by atoms with E-state index in [9.17, 15) is 4.79 Å². The molecule has 1 N–H and O–H groups in total. The molecule has 2 aliphatic heterocycles.